The van der Waals surface area contributed by atoms with Crippen LogP contribution in [0.2, 0.25) is 0 Å². The fourth-order valence-corrected chi connectivity index (χ4v) is 3.22. The van der Waals surface area contributed by atoms with E-state index < -0.39 is 6.10 Å². The quantitative estimate of drug-likeness (QED) is 0.890. The van der Waals surface area contributed by atoms with Gasteiger partial charge in [0.2, 0.25) is 0 Å². The van der Waals surface area contributed by atoms with Gasteiger partial charge in [0, 0.05) is 6.54 Å². The fourth-order valence-electron chi connectivity index (χ4n) is 3.22. The molecule has 4 nitrogen and oxygen atoms in total. The molecular formula is C19H24N2O2. The van der Waals surface area contributed by atoms with Gasteiger partial charge in [-0.05, 0) is 37.2 Å². The highest BCUT2D eigenvalue weighted by atomic mass is 16.5. The number of aliphatic hydroxyl groups excluding tert-OH is 1. The molecule has 0 amide bonds. The number of nitrogens with one attached hydrogen (secondary N) is 1. The Hall–Kier alpha value is -2.04. The Kier molecular flexibility index (Phi) is 4.84. The summed E-state index contributed by atoms with van der Waals surface area (Å²) in [5.74, 6) is 0.888. The Morgan fingerprint density at radius 1 is 1.22 bits per heavy atom. The van der Waals surface area contributed by atoms with Crippen molar-refractivity contribution in [3.05, 3.63) is 59.7 Å². The number of rotatable bonds is 5. The van der Waals surface area contributed by atoms with Gasteiger partial charge in [-0.25, -0.2) is 0 Å². The van der Waals surface area contributed by atoms with Crippen LogP contribution in [-0.2, 0) is 0 Å². The second kappa shape index (κ2) is 7.02. The van der Waals surface area contributed by atoms with Gasteiger partial charge in [0.25, 0.3) is 0 Å². The summed E-state index contributed by atoms with van der Waals surface area (Å²) >= 11 is 0. The van der Waals surface area contributed by atoms with Crippen molar-refractivity contribution in [2.24, 2.45) is 0 Å². The second-order valence-electron chi connectivity index (χ2n) is 5.99. The zero-order chi connectivity index (χ0) is 16.2. The van der Waals surface area contributed by atoms with Crippen molar-refractivity contribution in [2.75, 3.05) is 31.6 Å². The molecule has 0 saturated carbocycles. The SMILES string of the molecule is CNC[C@H](O)[C@H](c1ccccc1)N1CCOc2ccc(C)cc21. The van der Waals surface area contributed by atoms with E-state index in [1.54, 1.807) is 0 Å². The number of ether oxygens (including phenoxy) is 1. The smallest absolute Gasteiger partial charge is 0.142 e. The predicted molar refractivity (Wildman–Crippen MR) is 93.1 cm³/mol. The standard InChI is InChI=1S/C19H24N2O2/c1-14-8-9-18-16(12-14)21(10-11-23-18)19(17(22)13-20-2)15-6-4-3-5-7-15/h3-9,12,17,19-20,22H,10-11,13H2,1-2H3/t17-,19-/m0/s1. The molecule has 2 atom stereocenters. The third-order valence-corrected chi connectivity index (χ3v) is 4.27. The molecule has 2 N–H and O–H groups in total. The topological polar surface area (TPSA) is 44.7 Å². The van der Waals surface area contributed by atoms with Gasteiger partial charge in [-0.3, -0.25) is 0 Å². The number of hydrogen-bond donors (Lipinski definition) is 2. The number of benzene rings is 2. The molecule has 0 bridgehead atoms. The Morgan fingerprint density at radius 2 is 2.00 bits per heavy atom. The lowest BCUT2D eigenvalue weighted by Gasteiger charge is -2.40. The highest BCUT2D eigenvalue weighted by Crippen LogP contribution is 2.38. The van der Waals surface area contributed by atoms with E-state index in [4.69, 9.17) is 4.74 Å². The maximum atomic E-state index is 10.8. The zero-order valence-electron chi connectivity index (χ0n) is 13.7. The van der Waals surface area contributed by atoms with Crippen LogP contribution < -0.4 is 15.0 Å². The lowest BCUT2D eigenvalue weighted by atomic mass is 9.97. The van der Waals surface area contributed by atoms with E-state index in [9.17, 15) is 5.11 Å². The van der Waals surface area contributed by atoms with Crippen molar-refractivity contribution in [3.8, 4) is 5.75 Å². The molecule has 0 radical (unpaired) electrons. The first kappa shape index (κ1) is 15.8. The van der Waals surface area contributed by atoms with Crippen molar-refractivity contribution in [1.82, 2.24) is 5.32 Å². The van der Waals surface area contributed by atoms with Gasteiger partial charge in [0.05, 0.1) is 24.4 Å². The van der Waals surface area contributed by atoms with Crippen LogP contribution in [-0.4, -0.2) is 38.0 Å². The number of likely N-dealkylation sites (N-methyl/N-ethyl adjacent to an activating group) is 1. The molecule has 0 spiro atoms. The summed E-state index contributed by atoms with van der Waals surface area (Å²) in [4.78, 5) is 2.27. The molecule has 0 aromatic heterocycles. The highest BCUT2D eigenvalue weighted by molar-refractivity contribution is 5.62. The average Bonchev–Trinajstić information content (AvgIpc) is 2.57. The molecular weight excluding hydrogens is 288 g/mol. The third-order valence-electron chi connectivity index (χ3n) is 4.27. The van der Waals surface area contributed by atoms with Crippen molar-refractivity contribution in [2.45, 2.75) is 19.1 Å². The van der Waals surface area contributed by atoms with Gasteiger partial charge in [0.1, 0.15) is 12.4 Å². The van der Waals surface area contributed by atoms with Crippen LogP contribution >= 0.6 is 0 Å². The van der Waals surface area contributed by atoms with Crippen LogP contribution in [0.25, 0.3) is 0 Å². The molecule has 2 aromatic rings. The summed E-state index contributed by atoms with van der Waals surface area (Å²) in [5, 5.41) is 13.8. The fraction of sp³-hybridized carbons (Fsp3) is 0.368. The van der Waals surface area contributed by atoms with Crippen molar-refractivity contribution >= 4 is 5.69 Å². The molecule has 0 saturated heterocycles. The monoisotopic (exact) mass is 312 g/mol. The normalized spacial score (nSPS) is 16.4. The minimum Gasteiger partial charge on any atom is -0.490 e. The number of aryl methyl sites for hydroxylation is 1. The average molecular weight is 312 g/mol. The molecule has 1 aliphatic rings. The molecule has 1 heterocycles. The zero-order valence-corrected chi connectivity index (χ0v) is 13.7. The van der Waals surface area contributed by atoms with E-state index in [0.717, 1.165) is 23.5 Å². The maximum Gasteiger partial charge on any atom is 0.142 e. The van der Waals surface area contributed by atoms with Crippen molar-refractivity contribution in [1.29, 1.82) is 0 Å². The van der Waals surface area contributed by atoms with Gasteiger partial charge in [-0.15, -0.1) is 0 Å². The van der Waals surface area contributed by atoms with Gasteiger partial charge >= 0.3 is 0 Å². The summed E-state index contributed by atoms with van der Waals surface area (Å²) in [7, 11) is 1.86. The summed E-state index contributed by atoms with van der Waals surface area (Å²) in [6.07, 6.45) is -0.506. The van der Waals surface area contributed by atoms with Crippen LogP contribution in [0.3, 0.4) is 0 Å². The Balaban J connectivity index is 2.03. The number of hydrogen-bond acceptors (Lipinski definition) is 4. The molecule has 2 aromatic carbocycles. The van der Waals surface area contributed by atoms with E-state index in [2.05, 4.69) is 41.4 Å². The molecule has 0 fully saturated rings. The first-order valence-corrected chi connectivity index (χ1v) is 8.08. The molecule has 1 aliphatic heterocycles. The molecule has 4 heteroatoms. The highest BCUT2D eigenvalue weighted by Gasteiger charge is 2.31. The molecule has 3 rings (SSSR count). The maximum absolute atomic E-state index is 10.8. The van der Waals surface area contributed by atoms with E-state index in [0.29, 0.717) is 13.2 Å². The van der Waals surface area contributed by atoms with Crippen LogP contribution in [0, 0.1) is 6.92 Å². The van der Waals surface area contributed by atoms with Crippen LogP contribution in [0.5, 0.6) is 5.75 Å². The number of fused-ring (bicyclic) bond motifs is 1. The Labute approximate surface area is 137 Å². The third kappa shape index (κ3) is 3.33. The first-order valence-electron chi connectivity index (χ1n) is 8.08. The second-order valence-corrected chi connectivity index (χ2v) is 5.99. The van der Waals surface area contributed by atoms with Crippen LogP contribution in [0.1, 0.15) is 17.2 Å². The largest absolute Gasteiger partial charge is 0.490 e. The van der Waals surface area contributed by atoms with E-state index in [1.807, 2.05) is 31.3 Å². The molecule has 122 valence electrons. The molecule has 0 unspecified atom stereocenters. The molecule has 23 heavy (non-hydrogen) atoms. The van der Waals surface area contributed by atoms with Gasteiger partial charge in [-0.1, -0.05) is 36.4 Å². The summed E-state index contributed by atoms with van der Waals surface area (Å²) < 4.78 is 5.80. The number of aliphatic hydroxyl groups is 1. The first-order chi connectivity index (χ1) is 11.2. The van der Waals surface area contributed by atoms with Crippen LogP contribution in [0.15, 0.2) is 48.5 Å². The molecule has 0 aliphatic carbocycles. The predicted octanol–water partition coefficient (Wildman–Crippen LogP) is 2.52. The lowest BCUT2D eigenvalue weighted by Crippen LogP contribution is -2.44. The van der Waals surface area contributed by atoms with E-state index in [1.165, 1.54) is 5.56 Å². The van der Waals surface area contributed by atoms with Crippen molar-refractivity contribution in [3.63, 3.8) is 0 Å². The summed E-state index contributed by atoms with van der Waals surface area (Å²) in [6.45, 7) is 4.01. The van der Waals surface area contributed by atoms with Crippen molar-refractivity contribution < 1.29 is 9.84 Å². The summed E-state index contributed by atoms with van der Waals surface area (Å²) in [6, 6.07) is 16.3. The van der Waals surface area contributed by atoms with Crippen LogP contribution in [0.4, 0.5) is 5.69 Å². The Bertz CT molecular complexity index is 645. The van der Waals surface area contributed by atoms with Gasteiger partial charge in [-0.2, -0.15) is 0 Å². The Morgan fingerprint density at radius 3 is 2.74 bits per heavy atom. The van der Waals surface area contributed by atoms with E-state index >= 15 is 0 Å². The van der Waals surface area contributed by atoms with Gasteiger partial charge in [0.15, 0.2) is 0 Å². The minimum absolute atomic E-state index is 0.104. The number of nitrogens with zero attached hydrogens (tertiary/aromatic N) is 1. The van der Waals surface area contributed by atoms with E-state index in [-0.39, 0.29) is 6.04 Å². The lowest BCUT2D eigenvalue weighted by molar-refractivity contribution is 0.135. The minimum atomic E-state index is -0.506. The van der Waals surface area contributed by atoms with Gasteiger partial charge < -0.3 is 20.1 Å². The number of anilines is 1. The summed E-state index contributed by atoms with van der Waals surface area (Å²) in [5.41, 5.74) is 3.36.